The topological polar surface area (TPSA) is 29.5 Å². The first-order chi connectivity index (χ1) is 14.9. The lowest BCUT2D eigenvalue weighted by Crippen LogP contribution is -2.46. The average molecular weight is 450 g/mol. The number of hydrogen-bond donors (Lipinski definition) is 0. The minimum Gasteiger partial charge on any atom is -0.410 e. The molecular weight excluding hydrogens is 398 g/mol. The summed E-state index contributed by atoms with van der Waals surface area (Å²) in [4.78, 5) is 13.4. The van der Waals surface area contributed by atoms with E-state index in [0.717, 1.165) is 27.6 Å². The molecule has 0 aliphatic heterocycles. The molecule has 0 spiro atoms. The Morgan fingerprint density at radius 1 is 0.844 bits per heavy atom. The SMILES string of the molecule is CC(C)[N+](C)(C)CCCCCCCCCC[N+](C)(C)Cc1ccccc1OC(=O)N(C)C. The zero-order chi connectivity index (χ0) is 24.2. The monoisotopic (exact) mass is 449 g/mol. The number of unbranched alkanes of at least 4 members (excludes halogenated alkanes) is 7. The van der Waals surface area contributed by atoms with E-state index in [1.807, 2.05) is 18.2 Å². The van der Waals surface area contributed by atoms with Crippen LogP contribution in [-0.2, 0) is 6.54 Å². The number of ether oxygens (including phenoxy) is 1. The maximum Gasteiger partial charge on any atom is 0.414 e. The van der Waals surface area contributed by atoms with Gasteiger partial charge in [-0.25, -0.2) is 4.79 Å². The molecule has 5 nitrogen and oxygen atoms in total. The summed E-state index contributed by atoms with van der Waals surface area (Å²) in [7, 11) is 12.6. The molecule has 0 saturated heterocycles. The number of hydrogen-bond acceptors (Lipinski definition) is 2. The summed E-state index contributed by atoms with van der Waals surface area (Å²) < 4.78 is 7.60. The Bertz CT molecular complexity index is 669. The molecule has 0 heterocycles. The van der Waals surface area contributed by atoms with Crippen molar-refractivity contribution in [2.75, 3.05) is 55.4 Å². The van der Waals surface area contributed by atoms with Gasteiger partial charge in [0.15, 0.2) is 0 Å². The van der Waals surface area contributed by atoms with Crippen molar-refractivity contribution in [3.05, 3.63) is 29.8 Å². The molecule has 5 heteroatoms. The van der Waals surface area contributed by atoms with Gasteiger partial charge in [-0.15, -0.1) is 0 Å². The van der Waals surface area contributed by atoms with Gasteiger partial charge in [0.05, 0.1) is 47.3 Å². The van der Waals surface area contributed by atoms with Gasteiger partial charge in [0.25, 0.3) is 0 Å². The summed E-state index contributed by atoms with van der Waals surface area (Å²) in [5, 5.41) is 0. The van der Waals surface area contributed by atoms with Gasteiger partial charge < -0.3 is 18.6 Å². The standard InChI is InChI=1S/C27H51N3O2/c1-24(2)30(7,8)22-18-14-12-10-9-11-13-17-21-29(5,6)23-25-19-15-16-20-26(25)32-27(31)28(3)4/h15-16,19-20,24H,9-14,17-18,21-23H2,1-8H3/q+2. The van der Waals surface area contributed by atoms with E-state index in [1.54, 1.807) is 14.1 Å². The van der Waals surface area contributed by atoms with E-state index in [0.29, 0.717) is 11.8 Å². The summed E-state index contributed by atoms with van der Waals surface area (Å²) in [6, 6.07) is 8.61. The van der Waals surface area contributed by atoms with Crippen molar-refractivity contribution >= 4 is 6.09 Å². The lowest BCUT2D eigenvalue weighted by atomic mass is 10.1. The summed E-state index contributed by atoms with van der Waals surface area (Å²) in [5.41, 5.74) is 1.09. The molecule has 0 unspecified atom stereocenters. The van der Waals surface area contributed by atoms with Gasteiger partial charge in [0, 0.05) is 19.7 Å². The van der Waals surface area contributed by atoms with Gasteiger partial charge in [0.2, 0.25) is 0 Å². The maximum atomic E-state index is 12.0. The van der Waals surface area contributed by atoms with Crippen molar-refractivity contribution < 1.29 is 18.5 Å². The van der Waals surface area contributed by atoms with Crippen LogP contribution in [0.2, 0.25) is 0 Å². The number of carbonyl (C=O) groups is 1. The van der Waals surface area contributed by atoms with E-state index in [2.05, 4.69) is 48.1 Å². The van der Waals surface area contributed by atoms with Crippen LogP contribution in [0, 0.1) is 0 Å². The summed E-state index contributed by atoms with van der Waals surface area (Å²) in [6.07, 6.45) is 10.4. The fraction of sp³-hybridized carbons (Fsp3) is 0.741. The largest absolute Gasteiger partial charge is 0.414 e. The summed E-state index contributed by atoms with van der Waals surface area (Å²) in [6.45, 7) is 7.93. The van der Waals surface area contributed by atoms with Gasteiger partial charge in [-0.2, -0.15) is 0 Å². The Labute approximate surface area is 198 Å². The molecule has 0 N–H and O–H groups in total. The van der Waals surface area contributed by atoms with Crippen molar-refractivity contribution in [3.8, 4) is 5.75 Å². The quantitative estimate of drug-likeness (QED) is 0.245. The minimum atomic E-state index is -0.328. The minimum absolute atomic E-state index is 0.328. The normalized spacial score (nSPS) is 12.3. The molecule has 1 aromatic carbocycles. The third-order valence-corrected chi connectivity index (χ3v) is 6.78. The Kier molecular flexibility index (Phi) is 12.3. The Balaban J connectivity index is 2.24. The summed E-state index contributed by atoms with van der Waals surface area (Å²) in [5.74, 6) is 0.674. The van der Waals surface area contributed by atoms with Crippen molar-refractivity contribution in [1.82, 2.24) is 4.90 Å². The Morgan fingerprint density at radius 2 is 1.34 bits per heavy atom. The van der Waals surface area contributed by atoms with Crippen LogP contribution in [0.15, 0.2) is 24.3 Å². The molecule has 0 aliphatic rings. The molecule has 32 heavy (non-hydrogen) atoms. The van der Waals surface area contributed by atoms with Crippen LogP contribution in [0.25, 0.3) is 0 Å². The van der Waals surface area contributed by atoms with Crippen LogP contribution in [0.3, 0.4) is 0 Å². The number of quaternary nitrogens is 2. The van der Waals surface area contributed by atoms with Gasteiger partial charge in [0.1, 0.15) is 12.3 Å². The molecular formula is C27H51N3O2+2. The van der Waals surface area contributed by atoms with E-state index >= 15 is 0 Å². The molecule has 0 bridgehead atoms. The second-order valence-electron chi connectivity index (χ2n) is 11.1. The highest BCUT2D eigenvalue weighted by molar-refractivity contribution is 5.70. The van der Waals surface area contributed by atoms with Crippen LogP contribution in [-0.4, -0.2) is 81.4 Å². The van der Waals surface area contributed by atoms with Crippen molar-refractivity contribution in [2.24, 2.45) is 0 Å². The van der Waals surface area contributed by atoms with Crippen LogP contribution in [0.4, 0.5) is 4.79 Å². The molecule has 0 fully saturated rings. The first-order valence-electron chi connectivity index (χ1n) is 12.6. The van der Waals surface area contributed by atoms with Crippen LogP contribution in [0.5, 0.6) is 5.75 Å². The highest BCUT2D eigenvalue weighted by atomic mass is 16.6. The Morgan fingerprint density at radius 3 is 1.88 bits per heavy atom. The second kappa shape index (κ2) is 13.8. The first-order valence-corrected chi connectivity index (χ1v) is 12.6. The molecule has 1 amide bonds. The Hall–Kier alpha value is -1.59. The molecule has 0 radical (unpaired) electrons. The molecule has 0 aliphatic carbocycles. The second-order valence-corrected chi connectivity index (χ2v) is 11.1. The van der Waals surface area contributed by atoms with Crippen LogP contribution in [0.1, 0.15) is 70.8 Å². The lowest BCUT2D eigenvalue weighted by Gasteiger charge is -2.34. The lowest BCUT2D eigenvalue weighted by molar-refractivity contribution is -0.911. The highest BCUT2D eigenvalue weighted by Crippen LogP contribution is 2.23. The smallest absolute Gasteiger partial charge is 0.410 e. The van der Waals surface area contributed by atoms with E-state index < -0.39 is 0 Å². The fourth-order valence-corrected chi connectivity index (χ4v) is 3.84. The van der Waals surface area contributed by atoms with Crippen molar-refractivity contribution in [1.29, 1.82) is 0 Å². The predicted octanol–water partition coefficient (Wildman–Crippen LogP) is 5.93. The van der Waals surface area contributed by atoms with E-state index in [9.17, 15) is 4.79 Å². The molecule has 0 saturated carbocycles. The van der Waals surface area contributed by atoms with E-state index in [1.165, 1.54) is 62.8 Å². The van der Waals surface area contributed by atoms with Crippen molar-refractivity contribution in [3.63, 3.8) is 0 Å². The number of benzene rings is 1. The number of nitrogens with zero attached hydrogens (tertiary/aromatic N) is 3. The highest BCUT2D eigenvalue weighted by Gasteiger charge is 2.20. The number of para-hydroxylation sites is 1. The number of rotatable bonds is 15. The number of carbonyl (C=O) groups excluding carboxylic acids is 1. The van der Waals surface area contributed by atoms with E-state index in [4.69, 9.17) is 4.74 Å². The third-order valence-electron chi connectivity index (χ3n) is 6.78. The van der Waals surface area contributed by atoms with Gasteiger partial charge in [-0.1, -0.05) is 37.8 Å². The zero-order valence-electron chi connectivity index (χ0n) is 22.3. The van der Waals surface area contributed by atoms with Crippen LogP contribution < -0.4 is 4.74 Å². The molecule has 0 aromatic heterocycles. The maximum absolute atomic E-state index is 12.0. The summed E-state index contributed by atoms with van der Waals surface area (Å²) >= 11 is 0. The van der Waals surface area contributed by atoms with Gasteiger partial charge >= 0.3 is 6.09 Å². The molecule has 1 rings (SSSR count). The molecule has 0 atom stereocenters. The first kappa shape index (κ1) is 28.4. The third kappa shape index (κ3) is 11.3. The zero-order valence-corrected chi connectivity index (χ0v) is 22.3. The van der Waals surface area contributed by atoms with Crippen molar-refractivity contribution in [2.45, 2.75) is 77.8 Å². The molecule has 1 aromatic rings. The molecule has 184 valence electrons. The average Bonchev–Trinajstić information content (AvgIpc) is 2.70. The van der Waals surface area contributed by atoms with E-state index in [-0.39, 0.29) is 6.09 Å². The predicted molar refractivity (Wildman–Crippen MR) is 136 cm³/mol. The van der Waals surface area contributed by atoms with Gasteiger partial charge in [-0.05, 0) is 51.7 Å². The van der Waals surface area contributed by atoms with Gasteiger partial charge in [-0.3, -0.25) is 0 Å². The van der Waals surface area contributed by atoms with Crippen LogP contribution >= 0.6 is 0 Å². The number of amides is 1. The fourth-order valence-electron chi connectivity index (χ4n) is 3.84.